The lowest BCUT2D eigenvalue weighted by Crippen LogP contribution is -2.64. The van der Waals surface area contributed by atoms with E-state index in [4.69, 9.17) is 14.7 Å². The van der Waals surface area contributed by atoms with E-state index < -0.39 is 0 Å². The van der Waals surface area contributed by atoms with Gasteiger partial charge in [0.05, 0.1) is 67.0 Å². The van der Waals surface area contributed by atoms with Crippen molar-refractivity contribution >= 4 is 17.1 Å². The maximum Gasteiger partial charge on any atom is 0.133 e. The van der Waals surface area contributed by atoms with Crippen LogP contribution in [-0.4, -0.2) is 83.4 Å². The highest BCUT2D eigenvalue weighted by Crippen LogP contribution is 2.32. The van der Waals surface area contributed by atoms with Gasteiger partial charge in [-0.2, -0.15) is 15.5 Å². The molecule has 0 aromatic carbocycles. The summed E-state index contributed by atoms with van der Waals surface area (Å²) in [6, 6.07) is 13.1. The molecule has 0 amide bonds. The number of anilines is 1. The molecule has 0 N–H and O–H groups in total. The van der Waals surface area contributed by atoms with Gasteiger partial charge in [0.25, 0.3) is 0 Å². The second-order valence-corrected chi connectivity index (χ2v) is 12.1. The van der Waals surface area contributed by atoms with Crippen LogP contribution in [0.4, 0.5) is 5.82 Å². The maximum absolute atomic E-state index is 11.7. The Morgan fingerprint density at radius 3 is 2.49 bits per heavy atom. The Hall–Kier alpha value is -4.99. The first-order valence-electron chi connectivity index (χ1n) is 15.4. The topological polar surface area (TPSA) is 130 Å². The molecule has 2 aliphatic heterocycles. The van der Waals surface area contributed by atoms with Gasteiger partial charge in [-0.15, -0.1) is 0 Å². The molecule has 3 aliphatic rings. The number of hydrogen-bond donors (Lipinski definition) is 0. The van der Waals surface area contributed by atoms with E-state index >= 15 is 0 Å². The molecule has 8 rings (SSSR count). The van der Waals surface area contributed by atoms with Gasteiger partial charge in [0, 0.05) is 62.2 Å². The van der Waals surface area contributed by atoms with E-state index in [0.29, 0.717) is 54.3 Å². The Morgan fingerprint density at radius 1 is 0.911 bits per heavy atom. The second-order valence-electron chi connectivity index (χ2n) is 12.1. The van der Waals surface area contributed by atoms with Crippen molar-refractivity contribution in [2.75, 3.05) is 31.2 Å². The van der Waals surface area contributed by atoms with Crippen molar-refractivity contribution in [1.29, 1.82) is 5.26 Å². The fourth-order valence-corrected chi connectivity index (χ4v) is 6.86. The van der Waals surface area contributed by atoms with Crippen LogP contribution in [0.25, 0.3) is 28.0 Å². The quantitative estimate of drug-likeness (QED) is 0.284. The highest BCUT2D eigenvalue weighted by molar-refractivity contribution is 5.83. The molecule has 45 heavy (non-hydrogen) atoms. The number of hydrogen-bond acceptors (Lipinski definition) is 10. The zero-order valence-electron chi connectivity index (χ0n) is 24.7. The summed E-state index contributed by atoms with van der Waals surface area (Å²) in [5.41, 5.74) is 5.16. The number of fused-ring (bicyclic) bond motifs is 3. The molecule has 226 valence electrons. The number of Topliss-reactive ketones (excluding diaryl/α,β-unsaturated/α-hetero) is 1. The number of nitrogens with zero attached hydrogens (tertiary/aromatic N) is 10. The molecule has 3 fully saturated rings. The highest BCUT2D eigenvalue weighted by Gasteiger charge is 2.38. The summed E-state index contributed by atoms with van der Waals surface area (Å²) in [7, 11) is 0. The average Bonchev–Trinajstić information content (AvgIpc) is 3.73. The first-order valence-corrected chi connectivity index (χ1v) is 15.4. The molecule has 5 aromatic rings. The van der Waals surface area contributed by atoms with Crippen molar-refractivity contribution < 1.29 is 9.53 Å². The van der Waals surface area contributed by atoms with Crippen molar-refractivity contribution in [3.63, 3.8) is 0 Å². The third-order valence-corrected chi connectivity index (χ3v) is 9.24. The van der Waals surface area contributed by atoms with E-state index in [9.17, 15) is 10.1 Å². The molecular formula is C33H32N10O2. The summed E-state index contributed by atoms with van der Waals surface area (Å²) in [4.78, 5) is 31.0. The van der Waals surface area contributed by atoms with Crippen LogP contribution in [0.1, 0.15) is 43.0 Å². The van der Waals surface area contributed by atoms with Gasteiger partial charge < -0.3 is 9.64 Å². The highest BCUT2D eigenvalue weighted by atomic mass is 16.5. The molecule has 12 heteroatoms. The van der Waals surface area contributed by atoms with Gasteiger partial charge >= 0.3 is 0 Å². The predicted octanol–water partition coefficient (Wildman–Crippen LogP) is 3.70. The van der Waals surface area contributed by atoms with Crippen LogP contribution in [0.2, 0.25) is 0 Å². The van der Waals surface area contributed by atoms with Gasteiger partial charge in [-0.25, -0.2) is 14.5 Å². The minimum atomic E-state index is 0.203. The number of piperazine rings is 1. The third kappa shape index (κ3) is 5.24. The van der Waals surface area contributed by atoms with Crippen molar-refractivity contribution in [2.24, 2.45) is 0 Å². The number of morpholine rings is 1. The Labute approximate surface area is 259 Å². The minimum absolute atomic E-state index is 0.203. The van der Waals surface area contributed by atoms with Crippen LogP contribution in [-0.2, 0) is 16.1 Å². The molecule has 0 radical (unpaired) electrons. The van der Waals surface area contributed by atoms with Gasteiger partial charge in [-0.1, -0.05) is 6.07 Å². The summed E-state index contributed by atoms with van der Waals surface area (Å²) in [6.45, 7) is 3.80. The van der Waals surface area contributed by atoms with Crippen LogP contribution < -0.4 is 4.90 Å². The van der Waals surface area contributed by atoms with Crippen molar-refractivity contribution in [2.45, 2.75) is 50.4 Å². The lowest BCUT2D eigenvalue weighted by atomic mass is 9.94. The summed E-state index contributed by atoms with van der Waals surface area (Å²) < 4.78 is 9.60. The molecule has 5 aromatic heterocycles. The molecule has 0 spiro atoms. The number of carbonyl (C=O) groups excluding carboxylic acids is 1. The largest absolute Gasteiger partial charge is 0.378 e. The lowest BCUT2D eigenvalue weighted by molar-refractivity contribution is -0.120. The minimum Gasteiger partial charge on any atom is -0.378 e. The molecule has 2 bridgehead atoms. The number of pyridine rings is 2. The Kier molecular flexibility index (Phi) is 7.04. The zero-order chi connectivity index (χ0) is 30.3. The molecule has 2 saturated heterocycles. The summed E-state index contributed by atoms with van der Waals surface area (Å²) >= 11 is 0. The van der Waals surface area contributed by atoms with Gasteiger partial charge in [-0.05, 0) is 37.1 Å². The standard InChI is InChI=1S/C33H32N10O2/c34-11-23-13-38-43-19-30(24-14-37-42(15-24)26-5-7-29(44)8-6-26)39-32(33(23)43)22-4-9-31(36-12-22)40-17-27-20-45-21-28(18-40)41(27)16-25-3-1-2-10-35-25/h1-4,9-10,12-15,19,26-28H,5-8,16-18,20-21H2. The van der Waals surface area contributed by atoms with E-state index in [-0.39, 0.29) is 18.1 Å². The fourth-order valence-electron chi connectivity index (χ4n) is 6.86. The average molecular weight is 601 g/mol. The predicted molar refractivity (Wildman–Crippen MR) is 165 cm³/mol. The van der Waals surface area contributed by atoms with Crippen LogP contribution >= 0.6 is 0 Å². The number of rotatable bonds is 6. The van der Waals surface area contributed by atoms with E-state index in [1.165, 1.54) is 0 Å². The monoisotopic (exact) mass is 600 g/mol. The molecule has 7 heterocycles. The maximum atomic E-state index is 11.7. The van der Waals surface area contributed by atoms with Gasteiger partial charge in [0.1, 0.15) is 28.8 Å². The zero-order valence-corrected chi connectivity index (χ0v) is 24.7. The summed E-state index contributed by atoms with van der Waals surface area (Å²) in [5, 5.41) is 18.9. The Balaban J connectivity index is 1.07. The van der Waals surface area contributed by atoms with E-state index in [2.05, 4.69) is 37.1 Å². The molecule has 1 saturated carbocycles. The number of nitriles is 1. The summed E-state index contributed by atoms with van der Waals surface area (Å²) in [6.07, 6.45) is 13.7. The summed E-state index contributed by atoms with van der Waals surface area (Å²) in [5.74, 6) is 1.23. The first-order chi connectivity index (χ1) is 22.1. The molecule has 2 atom stereocenters. The molecular weight excluding hydrogens is 568 g/mol. The number of carbonyl (C=O) groups is 1. The molecule has 1 aliphatic carbocycles. The number of aromatic nitrogens is 7. The molecule has 2 unspecified atom stereocenters. The van der Waals surface area contributed by atoms with E-state index in [1.807, 2.05) is 53.7 Å². The lowest BCUT2D eigenvalue weighted by Gasteiger charge is -2.50. The van der Waals surface area contributed by atoms with E-state index in [1.54, 1.807) is 16.9 Å². The third-order valence-electron chi connectivity index (χ3n) is 9.24. The van der Waals surface area contributed by atoms with Gasteiger partial charge in [0.15, 0.2) is 0 Å². The van der Waals surface area contributed by atoms with Gasteiger partial charge in [0.2, 0.25) is 0 Å². The second kappa shape index (κ2) is 11.5. The Bertz CT molecular complexity index is 1870. The van der Waals surface area contributed by atoms with Crippen molar-refractivity contribution in [1.82, 2.24) is 39.2 Å². The Morgan fingerprint density at radius 2 is 1.76 bits per heavy atom. The van der Waals surface area contributed by atoms with Crippen molar-refractivity contribution in [3.05, 3.63) is 78.8 Å². The normalized spacial score (nSPS) is 20.9. The van der Waals surface area contributed by atoms with E-state index in [0.717, 1.165) is 55.1 Å². The van der Waals surface area contributed by atoms with Gasteiger partial charge in [-0.3, -0.25) is 19.4 Å². The van der Waals surface area contributed by atoms with Crippen LogP contribution in [0.3, 0.4) is 0 Å². The van der Waals surface area contributed by atoms with Crippen LogP contribution in [0, 0.1) is 11.3 Å². The smallest absolute Gasteiger partial charge is 0.133 e. The number of ketones is 1. The first kappa shape index (κ1) is 27.6. The SMILES string of the molecule is N#Cc1cnn2cc(-c3cnn(C4CCC(=O)CC4)c3)nc(-c3ccc(N4CC5COCC(C4)N5Cc4ccccn4)nc3)c12. The molecule has 12 nitrogen and oxygen atoms in total. The van der Waals surface area contributed by atoms with Crippen LogP contribution in [0.5, 0.6) is 0 Å². The van der Waals surface area contributed by atoms with Crippen molar-refractivity contribution in [3.8, 4) is 28.6 Å². The fraction of sp³-hybridized carbons (Fsp3) is 0.364. The number of ether oxygens (including phenoxy) is 1. The van der Waals surface area contributed by atoms with Crippen LogP contribution in [0.15, 0.2) is 67.5 Å².